The van der Waals surface area contributed by atoms with Crippen molar-refractivity contribution in [3.63, 3.8) is 0 Å². The number of benzene rings is 2. The van der Waals surface area contributed by atoms with Gasteiger partial charge in [-0.3, -0.25) is 4.90 Å². The molecule has 0 radical (unpaired) electrons. The maximum Gasteiger partial charge on any atom is 0.416 e. The number of nitrogens with zero attached hydrogens (tertiary/aromatic N) is 3. The van der Waals surface area contributed by atoms with E-state index in [1.165, 1.54) is 0 Å². The molecule has 4 rings (SSSR count). The van der Waals surface area contributed by atoms with Crippen LogP contribution < -0.4 is 4.90 Å². The summed E-state index contributed by atoms with van der Waals surface area (Å²) in [6, 6.07) is 11.0. The zero-order valence-corrected chi connectivity index (χ0v) is 26.3. The number of hydrogen-bond acceptors (Lipinski definition) is 4. The highest BCUT2D eigenvalue weighted by atomic mass is 19.4. The van der Waals surface area contributed by atoms with Crippen LogP contribution in [-0.4, -0.2) is 42.3 Å². The smallest absolute Gasteiger partial charge is 0.356 e. The van der Waals surface area contributed by atoms with Gasteiger partial charge < -0.3 is 9.69 Å². The van der Waals surface area contributed by atoms with Gasteiger partial charge >= 0.3 is 12.4 Å². The number of alkyl halides is 6. The Labute approximate surface area is 266 Å². The number of rotatable bonds is 13. The zero-order chi connectivity index (χ0) is 33.8. The molecule has 0 saturated carbocycles. The van der Waals surface area contributed by atoms with Crippen LogP contribution in [0.15, 0.2) is 67.3 Å². The number of allylic oxidation sites excluding steroid dienone is 1. The molecule has 0 bridgehead atoms. The van der Waals surface area contributed by atoms with E-state index in [1.807, 2.05) is 36.1 Å². The van der Waals surface area contributed by atoms with Gasteiger partial charge in [0.2, 0.25) is 0 Å². The molecule has 1 fully saturated rings. The van der Waals surface area contributed by atoms with E-state index in [4.69, 9.17) is 4.98 Å². The quantitative estimate of drug-likeness (QED) is 0.106. The van der Waals surface area contributed by atoms with Crippen LogP contribution in [0.3, 0.4) is 0 Å². The summed E-state index contributed by atoms with van der Waals surface area (Å²) < 4.78 is 82.1. The molecule has 4 nitrogen and oxygen atoms in total. The number of aldehydes is 1. The number of pyridine rings is 1. The van der Waals surface area contributed by atoms with Gasteiger partial charge in [0.25, 0.3) is 0 Å². The summed E-state index contributed by atoms with van der Waals surface area (Å²) in [5.74, 6) is -0.149. The van der Waals surface area contributed by atoms with Crippen LogP contribution >= 0.6 is 0 Å². The fourth-order valence-corrected chi connectivity index (χ4v) is 5.70. The van der Waals surface area contributed by atoms with Crippen LogP contribution in [0.2, 0.25) is 0 Å². The van der Waals surface area contributed by atoms with Crippen molar-refractivity contribution in [2.24, 2.45) is 0 Å². The number of hydrogen-bond donors (Lipinski definition) is 0. The molecule has 0 amide bonds. The summed E-state index contributed by atoms with van der Waals surface area (Å²) in [5, 5.41) is 0. The van der Waals surface area contributed by atoms with Gasteiger partial charge in [-0.15, -0.1) is 6.58 Å². The number of carbonyl (C=O) groups excluding carboxylic acids is 1. The van der Waals surface area contributed by atoms with Gasteiger partial charge in [0.1, 0.15) is 12.1 Å². The van der Waals surface area contributed by atoms with E-state index in [0.29, 0.717) is 12.0 Å². The molecule has 3 aromatic rings. The number of aryl methyl sites for hydroxylation is 1. The Morgan fingerprint density at radius 1 is 1.00 bits per heavy atom. The number of likely N-dealkylation sites (N-methyl/N-ethyl adjacent to an activating group) is 1. The largest absolute Gasteiger partial charge is 0.416 e. The fraction of sp³-hybridized carbons (Fsp3) is 0.389. The van der Waals surface area contributed by atoms with Crippen molar-refractivity contribution < 1.29 is 31.1 Å². The molecular formula is C36H39F6N3O. The molecule has 1 aliphatic rings. The molecule has 0 N–H and O–H groups in total. The molecule has 1 saturated heterocycles. The van der Waals surface area contributed by atoms with E-state index in [0.717, 1.165) is 78.1 Å². The highest BCUT2D eigenvalue weighted by Crippen LogP contribution is 2.40. The molecule has 2 aromatic carbocycles. The Kier molecular flexibility index (Phi) is 10.8. The molecule has 1 aliphatic heterocycles. The monoisotopic (exact) mass is 643 g/mol. The SMILES string of the molecule is C=Cc1ccc(CCC(=C)C)cc1-c1ccc(N2CCC2)nc1CN(C)C(C)C(CC=O)c1cc(C(F)(F)F)cc(C(F)(F)F)c1. The number of anilines is 1. The first-order valence-electron chi connectivity index (χ1n) is 15.2. The standard InChI is InChI=1S/C36H39F6N3O/c1-6-26-11-10-25(9-8-23(2)3)18-32(26)31-12-13-34(45-15-7-16-45)43-33(31)22-44(5)24(4)30(14-17-46)27-19-28(35(37,38)39)21-29(20-27)36(40,41)42/h6,10-13,17-21,24,30H,1-2,7-9,14-16,22H2,3-5H3. The first-order valence-corrected chi connectivity index (χ1v) is 15.2. The summed E-state index contributed by atoms with van der Waals surface area (Å²) in [7, 11) is 1.74. The molecule has 10 heteroatoms. The van der Waals surface area contributed by atoms with Crippen LogP contribution in [0.5, 0.6) is 0 Å². The Morgan fingerprint density at radius 2 is 1.65 bits per heavy atom. The van der Waals surface area contributed by atoms with Gasteiger partial charge in [-0.1, -0.05) is 36.4 Å². The lowest BCUT2D eigenvalue weighted by molar-refractivity contribution is -0.143. The second-order valence-electron chi connectivity index (χ2n) is 12.1. The third-order valence-electron chi connectivity index (χ3n) is 8.67. The predicted octanol–water partition coefficient (Wildman–Crippen LogP) is 9.34. The zero-order valence-electron chi connectivity index (χ0n) is 26.3. The van der Waals surface area contributed by atoms with E-state index in [-0.39, 0.29) is 24.6 Å². The average Bonchev–Trinajstić information content (AvgIpc) is 2.96. The van der Waals surface area contributed by atoms with Crippen LogP contribution in [0.25, 0.3) is 17.2 Å². The van der Waals surface area contributed by atoms with E-state index in [2.05, 4.69) is 24.1 Å². The lowest BCUT2D eigenvalue weighted by Crippen LogP contribution is -2.38. The molecule has 2 atom stereocenters. The van der Waals surface area contributed by atoms with Gasteiger partial charge in [-0.05, 0) is 92.7 Å². The average molecular weight is 644 g/mol. The fourth-order valence-electron chi connectivity index (χ4n) is 5.70. The minimum absolute atomic E-state index is 0.106. The minimum Gasteiger partial charge on any atom is -0.356 e. The van der Waals surface area contributed by atoms with Crippen LogP contribution in [-0.2, 0) is 30.1 Å². The van der Waals surface area contributed by atoms with Crippen molar-refractivity contribution in [3.05, 3.63) is 101 Å². The normalized spacial score (nSPS) is 15.0. The highest BCUT2D eigenvalue weighted by Gasteiger charge is 2.38. The van der Waals surface area contributed by atoms with Crippen LogP contribution in [0, 0.1) is 0 Å². The number of halogens is 6. The van der Waals surface area contributed by atoms with Crippen molar-refractivity contribution in [2.75, 3.05) is 25.0 Å². The molecule has 2 unspecified atom stereocenters. The summed E-state index contributed by atoms with van der Waals surface area (Å²) in [6.07, 6.45) is -5.27. The van der Waals surface area contributed by atoms with Crippen LogP contribution in [0.1, 0.15) is 72.5 Å². The Hall–Kier alpha value is -3.92. The van der Waals surface area contributed by atoms with Gasteiger partial charge in [-0.25, -0.2) is 4.98 Å². The van der Waals surface area contributed by atoms with Crippen LogP contribution in [0.4, 0.5) is 32.2 Å². The van der Waals surface area contributed by atoms with Gasteiger partial charge in [-0.2, -0.15) is 26.3 Å². The summed E-state index contributed by atoms with van der Waals surface area (Å²) >= 11 is 0. The number of carbonyl (C=O) groups is 1. The molecule has 0 aliphatic carbocycles. The summed E-state index contributed by atoms with van der Waals surface area (Å²) in [6.45, 7) is 13.6. The second-order valence-corrected chi connectivity index (χ2v) is 12.1. The lowest BCUT2D eigenvalue weighted by atomic mass is 9.86. The van der Waals surface area contributed by atoms with E-state index in [1.54, 1.807) is 20.0 Å². The molecule has 246 valence electrons. The van der Waals surface area contributed by atoms with E-state index >= 15 is 0 Å². The van der Waals surface area contributed by atoms with Gasteiger partial charge in [0, 0.05) is 43.6 Å². The lowest BCUT2D eigenvalue weighted by Gasteiger charge is -2.34. The molecule has 46 heavy (non-hydrogen) atoms. The maximum atomic E-state index is 13.7. The Morgan fingerprint density at radius 3 is 2.17 bits per heavy atom. The Bertz CT molecular complexity index is 1540. The van der Waals surface area contributed by atoms with E-state index in [9.17, 15) is 31.1 Å². The summed E-state index contributed by atoms with van der Waals surface area (Å²) in [4.78, 5) is 20.7. The number of aromatic nitrogens is 1. The summed E-state index contributed by atoms with van der Waals surface area (Å²) in [5.41, 5.74) is 2.54. The predicted molar refractivity (Wildman–Crippen MR) is 171 cm³/mol. The molecule has 1 aromatic heterocycles. The Balaban J connectivity index is 1.76. The minimum atomic E-state index is -4.99. The van der Waals surface area contributed by atoms with Gasteiger partial charge in [0.15, 0.2) is 0 Å². The van der Waals surface area contributed by atoms with Gasteiger partial charge in [0.05, 0.1) is 16.8 Å². The van der Waals surface area contributed by atoms with Crippen molar-refractivity contribution in [1.29, 1.82) is 0 Å². The molecular weight excluding hydrogens is 604 g/mol. The van der Waals surface area contributed by atoms with Crippen molar-refractivity contribution in [2.45, 2.75) is 70.4 Å². The first kappa shape index (κ1) is 34.9. The molecule has 2 heterocycles. The molecule has 0 spiro atoms. The first-order chi connectivity index (χ1) is 21.6. The van der Waals surface area contributed by atoms with Crippen molar-refractivity contribution >= 4 is 18.2 Å². The highest BCUT2D eigenvalue weighted by molar-refractivity contribution is 5.77. The third-order valence-corrected chi connectivity index (χ3v) is 8.67. The second kappa shape index (κ2) is 14.2. The third kappa shape index (κ3) is 8.26. The van der Waals surface area contributed by atoms with Crippen molar-refractivity contribution in [1.82, 2.24) is 9.88 Å². The van der Waals surface area contributed by atoms with Crippen molar-refractivity contribution in [3.8, 4) is 11.1 Å². The topological polar surface area (TPSA) is 36.4 Å². The maximum absolute atomic E-state index is 13.7. The van der Waals surface area contributed by atoms with E-state index < -0.39 is 35.4 Å².